The van der Waals surface area contributed by atoms with E-state index in [0.717, 1.165) is 12.0 Å². The van der Waals surface area contributed by atoms with Crippen LogP contribution in [0.5, 0.6) is 5.88 Å². The lowest BCUT2D eigenvalue weighted by Crippen LogP contribution is -2.04. The molecule has 94 valence electrons. The summed E-state index contributed by atoms with van der Waals surface area (Å²) >= 11 is 1.70. The maximum Gasteiger partial charge on any atom is 0.212 e. The summed E-state index contributed by atoms with van der Waals surface area (Å²) in [4.78, 5) is 17.2. The molecule has 0 spiro atoms. The Bertz CT molecular complexity index is 491. The molecule has 0 saturated heterocycles. The molecule has 0 aromatic carbocycles. The van der Waals surface area contributed by atoms with Gasteiger partial charge in [0.1, 0.15) is 5.78 Å². The number of carbonyl (C=O) groups is 1. The summed E-state index contributed by atoms with van der Waals surface area (Å²) in [6.45, 7) is 0. The van der Waals surface area contributed by atoms with Gasteiger partial charge in [-0.1, -0.05) is 12.1 Å². The van der Waals surface area contributed by atoms with Gasteiger partial charge in [0, 0.05) is 30.0 Å². The summed E-state index contributed by atoms with van der Waals surface area (Å²) in [5, 5.41) is 2.03. The van der Waals surface area contributed by atoms with Crippen LogP contribution in [0.15, 0.2) is 35.8 Å². The molecule has 0 amide bonds. The molecule has 3 nitrogen and oxygen atoms in total. The number of aromatic nitrogens is 1. The number of hydrogen-bond donors (Lipinski definition) is 0. The van der Waals surface area contributed by atoms with Gasteiger partial charge in [-0.2, -0.15) is 0 Å². The first-order valence-corrected chi connectivity index (χ1v) is 6.69. The number of rotatable bonds is 6. The first kappa shape index (κ1) is 12.8. The van der Waals surface area contributed by atoms with Crippen molar-refractivity contribution in [3.63, 3.8) is 0 Å². The molecule has 2 aromatic heterocycles. The van der Waals surface area contributed by atoms with Crippen LogP contribution in [0.4, 0.5) is 0 Å². The van der Waals surface area contributed by atoms with Crippen LogP contribution in [0.3, 0.4) is 0 Å². The SMILES string of the molecule is COc1ccc(CC(=O)CCc2cccs2)cn1. The lowest BCUT2D eigenvalue weighted by atomic mass is 10.1. The summed E-state index contributed by atoms with van der Waals surface area (Å²) in [6, 6.07) is 7.74. The highest BCUT2D eigenvalue weighted by atomic mass is 32.1. The van der Waals surface area contributed by atoms with Crippen LogP contribution in [0.2, 0.25) is 0 Å². The molecule has 0 aliphatic heterocycles. The number of Topliss-reactive ketones (excluding diaryl/α,β-unsaturated/α-hetero) is 1. The average molecular weight is 261 g/mol. The third-order valence-corrected chi connectivity index (χ3v) is 3.57. The fourth-order valence-electron chi connectivity index (χ4n) is 1.67. The fraction of sp³-hybridized carbons (Fsp3) is 0.286. The summed E-state index contributed by atoms with van der Waals surface area (Å²) in [7, 11) is 1.58. The minimum Gasteiger partial charge on any atom is -0.481 e. The number of hydrogen-bond acceptors (Lipinski definition) is 4. The Morgan fingerprint density at radius 3 is 2.89 bits per heavy atom. The van der Waals surface area contributed by atoms with Gasteiger partial charge in [-0.3, -0.25) is 4.79 Å². The number of carbonyl (C=O) groups excluding carboxylic acids is 1. The standard InChI is InChI=1S/C14H15NO2S/c1-17-14-7-4-11(10-15-14)9-12(16)5-6-13-3-2-8-18-13/h2-4,7-8,10H,5-6,9H2,1H3. The molecule has 0 aliphatic rings. The minimum absolute atomic E-state index is 0.246. The Balaban J connectivity index is 1.83. The number of nitrogens with zero attached hydrogens (tertiary/aromatic N) is 1. The van der Waals surface area contributed by atoms with E-state index in [2.05, 4.69) is 11.1 Å². The molecule has 0 bridgehead atoms. The maximum absolute atomic E-state index is 11.8. The molecule has 2 heterocycles. The Morgan fingerprint density at radius 2 is 2.28 bits per heavy atom. The monoisotopic (exact) mass is 261 g/mol. The van der Waals surface area contributed by atoms with Crippen LogP contribution in [0, 0.1) is 0 Å². The molecule has 0 radical (unpaired) electrons. The largest absolute Gasteiger partial charge is 0.481 e. The van der Waals surface area contributed by atoms with Crippen LogP contribution in [0.1, 0.15) is 16.9 Å². The second-order valence-electron chi connectivity index (χ2n) is 4.00. The molecule has 0 N–H and O–H groups in total. The fourth-order valence-corrected chi connectivity index (χ4v) is 2.38. The highest BCUT2D eigenvalue weighted by molar-refractivity contribution is 7.09. The van der Waals surface area contributed by atoms with Gasteiger partial charge in [-0.25, -0.2) is 4.98 Å². The topological polar surface area (TPSA) is 39.2 Å². The predicted octanol–water partition coefficient (Wildman–Crippen LogP) is 2.90. The number of ether oxygens (including phenoxy) is 1. The highest BCUT2D eigenvalue weighted by Crippen LogP contribution is 2.13. The van der Waals surface area contributed by atoms with Crippen LogP contribution in [-0.4, -0.2) is 17.9 Å². The second-order valence-corrected chi connectivity index (χ2v) is 5.04. The number of pyridine rings is 1. The Morgan fingerprint density at radius 1 is 1.39 bits per heavy atom. The normalized spacial score (nSPS) is 10.3. The van der Waals surface area contributed by atoms with Crippen molar-refractivity contribution >= 4 is 17.1 Å². The van der Waals surface area contributed by atoms with Crippen LogP contribution in [-0.2, 0) is 17.6 Å². The summed E-state index contributed by atoms with van der Waals surface area (Å²) in [5.74, 6) is 0.820. The maximum atomic E-state index is 11.8. The smallest absolute Gasteiger partial charge is 0.212 e. The number of thiophene rings is 1. The van der Waals surface area contributed by atoms with Crippen molar-refractivity contribution in [1.82, 2.24) is 4.98 Å². The van der Waals surface area contributed by atoms with Crippen molar-refractivity contribution in [3.8, 4) is 5.88 Å². The summed E-state index contributed by atoms with van der Waals surface area (Å²) in [5.41, 5.74) is 0.937. The Labute approximate surface area is 110 Å². The van der Waals surface area contributed by atoms with E-state index in [1.54, 1.807) is 30.7 Å². The van der Waals surface area contributed by atoms with Crippen molar-refractivity contribution in [2.45, 2.75) is 19.3 Å². The molecule has 0 unspecified atom stereocenters. The number of methoxy groups -OCH3 is 1. The summed E-state index contributed by atoms with van der Waals surface area (Å²) < 4.78 is 4.98. The van der Waals surface area contributed by atoms with Gasteiger partial charge >= 0.3 is 0 Å². The second kappa shape index (κ2) is 6.31. The van der Waals surface area contributed by atoms with Gasteiger partial charge in [0.05, 0.1) is 7.11 Å². The van der Waals surface area contributed by atoms with E-state index in [4.69, 9.17) is 4.74 Å². The zero-order valence-corrected chi connectivity index (χ0v) is 11.1. The molecule has 4 heteroatoms. The van der Waals surface area contributed by atoms with Gasteiger partial charge in [0.25, 0.3) is 0 Å². The van der Waals surface area contributed by atoms with E-state index in [-0.39, 0.29) is 5.78 Å². The zero-order valence-electron chi connectivity index (χ0n) is 10.3. The molecule has 18 heavy (non-hydrogen) atoms. The highest BCUT2D eigenvalue weighted by Gasteiger charge is 2.05. The van der Waals surface area contributed by atoms with E-state index in [1.165, 1.54) is 4.88 Å². The Hall–Kier alpha value is -1.68. The molecular formula is C14H15NO2S. The van der Waals surface area contributed by atoms with E-state index >= 15 is 0 Å². The van der Waals surface area contributed by atoms with E-state index in [1.807, 2.05) is 17.5 Å². The molecule has 2 aromatic rings. The molecule has 0 fully saturated rings. The first-order valence-electron chi connectivity index (χ1n) is 5.81. The van der Waals surface area contributed by atoms with Crippen LogP contribution in [0.25, 0.3) is 0 Å². The van der Waals surface area contributed by atoms with Crippen LogP contribution >= 0.6 is 11.3 Å². The third-order valence-electron chi connectivity index (χ3n) is 2.64. The van der Waals surface area contributed by atoms with E-state index < -0.39 is 0 Å². The van der Waals surface area contributed by atoms with Gasteiger partial charge in [0.15, 0.2) is 0 Å². The third kappa shape index (κ3) is 3.67. The van der Waals surface area contributed by atoms with Gasteiger partial charge < -0.3 is 4.74 Å². The molecule has 0 atom stereocenters. The lowest BCUT2D eigenvalue weighted by molar-refractivity contribution is -0.118. The van der Waals surface area contributed by atoms with E-state index in [0.29, 0.717) is 18.7 Å². The van der Waals surface area contributed by atoms with Crippen molar-refractivity contribution in [3.05, 3.63) is 46.3 Å². The van der Waals surface area contributed by atoms with Crippen LogP contribution < -0.4 is 4.74 Å². The lowest BCUT2D eigenvalue weighted by Gasteiger charge is -2.02. The minimum atomic E-state index is 0.246. The predicted molar refractivity (Wildman–Crippen MR) is 72.1 cm³/mol. The first-order chi connectivity index (χ1) is 8.78. The van der Waals surface area contributed by atoms with Crippen molar-refractivity contribution in [1.29, 1.82) is 0 Å². The Kier molecular flexibility index (Phi) is 4.47. The van der Waals surface area contributed by atoms with Gasteiger partial charge in [-0.15, -0.1) is 11.3 Å². The average Bonchev–Trinajstić information content (AvgIpc) is 2.90. The van der Waals surface area contributed by atoms with Gasteiger partial charge in [-0.05, 0) is 23.4 Å². The quantitative estimate of drug-likeness (QED) is 0.802. The van der Waals surface area contributed by atoms with E-state index in [9.17, 15) is 4.79 Å². The van der Waals surface area contributed by atoms with Crippen molar-refractivity contribution in [2.24, 2.45) is 0 Å². The molecular weight excluding hydrogens is 246 g/mol. The molecule has 2 rings (SSSR count). The van der Waals surface area contributed by atoms with Crippen molar-refractivity contribution < 1.29 is 9.53 Å². The van der Waals surface area contributed by atoms with Gasteiger partial charge in [0.2, 0.25) is 5.88 Å². The molecule has 0 saturated carbocycles. The summed E-state index contributed by atoms with van der Waals surface area (Å²) in [6.07, 6.45) is 3.57. The number of aryl methyl sites for hydroxylation is 1. The number of ketones is 1. The van der Waals surface area contributed by atoms with Crippen molar-refractivity contribution in [2.75, 3.05) is 7.11 Å². The zero-order chi connectivity index (χ0) is 12.8. The molecule has 0 aliphatic carbocycles.